The Morgan fingerprint density at radius 3 is 1.58 bits per heavy atom. The molecule has 0 amide bonds. The lowest BCUT2D eigenvalue weighted by molar-refractivity contribution is 0.180. The highest BCUT2D eigenvalue weighted by Gasteiger charge is 1.81. The van der Waals surface area contributed by atoms with Crippen molar-refractivity contribution in [3.8, 4) is 11.8 Å². The molecule has 0 radical (unpaired) electrons. The number of rotatable bonds is 6. The van der Waals surface area contributed by atoms with Crippen molar-refractivity contribution in [1.29, 1.82) is 0 Å². The van der Waals surface area contributed by atoms with Crippen LogP contribution in [0.25, 0.3) is 0 Å². The fraction of sp³-hybridized carbons (Fsp3) is 0.750. The van der Waals surface area contributed by atoms with Crippen LogP contribution in [-0.4, -0.2) is 37.1 Å². The Bertz CT molecular complexity index is 126. The highest BCUT2D eigenvalue weighted by Crippen LogP contribution is 1.81. The molecule has 0 atom stereocenters. The van der Waals surface area contributed by atoms with Gasteiger partial charge < -0.3 is 9.47 Å². The molecule has 0 rings (SSSR count). The van der Waals surface area contributed by atoms with Gasteiger partial charge in [-0.25, -0.2) is 0 Å². The van der Waals surface area contributed by atoms with E-state index in [-0.39, 0.29) is 0 Å². The summed E-state index contributed by atoms with van der Waals surface area (Å²) in [6.07, 6.45) is 0. The Labute approximate surface area is 90.3 Å². The van der Waals surface area contributed by atoms with Crippen molar-refractivity contribution >= 4 is 31.9 Å². The van der Waals surface area contributed by atoms with E-state index in [0.29, 0.717) is 26.4 Å². The summed E-state index contributed by atoms with van der Waals surface area (Å²) in [5, 5.41) is 1.71. The van der Waals surface area contributed by atoms with Gasteiger partial charge in [-0.2, -0.15) is 0 Å². The van der Waals surface area contributed by atoms with Gasteiger partial charge in [0.2, 0.25) is 0 Å². The molecule has 0 aliphatic rings. The van der Waals surface area contributed by atoms with Crippen LogP contribution < -0.4 is 0 Å². The highest BCUT2D eigenvalue weighted by atomic mass is 79.9. The molecule has 0 aromatic rings. The predicted octanol–water partition coefficient (Wildman–Crippen LogP) is 1.81. The second kappa shape index (κ2) is 11.4. The molecule has 0 aromatic carbocycles. The van der Waals surface area contributed by atoms with E-state index >= 15 is 0 Å². The normalized spacial score (nSPS) is 9.17. The van der Waals surface area contributed by atoms with Crippen molar-refractivity contribution in [2.45, 2.75) is 0 Å². The van der Waals surface area contributed by atoms with Crippen molar-refractivity contribution in [3.05, 3.63) is 0 Å². The second-order valence-corrected chi connectivity index (χ2v) is 3.42. The number of hydrogen-bond donors (Lipinski definition) is 0. The summed E-state index contributed by atoms with van der Waals surface area (Å²) < 4.78 is 10.2. The van der Waals surface area contributed by atoms with E-state index in [1.165, 1.54) is 0 Å². The van der Waals surface area contributed by atoms with Crippen LogP contribution in [0.5, 0.6) is 0 Å². The zero-order valence-corrected chi connectivity index (χ0v) is 9.99. The SMILES string of the molecule is BrCCOCC#CCOCCBr. The molecule has 12 heavy (non-hydrogen) atoms. The summed E-state index contributed by atoms with van der Waals surface area (Å²) in [6, 6.07) is 0. The molecule has 0 aromatic heterocycles. The lowest BCUT2D eigenvalue weighted by Crippen LogP contribution is -1.97. The van der Waals surface area contributed by atoms with E-state index in [1.807, 2.05) is 0 Å². The third kappa shape index (κ3) is 10.4. The van der Waals surface area contributed by atoms with E-state index in [2.05, 4.69) is 43.7 Å². The van der Waals surface area contributed by atoms with Gasteiger partial charge in [-0.3, -0.25) is 0 Å². The fourth-order valence-electron chi connectivity index (χ4n) is 0.458. The van der Waals surface area contributed by atoms with Crippen molar-refractivity contribution in [3.63, 3.8) is 0 Å². The molecule has 0 bridgehead atoms. The second-order valence-electron chi connectivity index (χ2n) is 1.84. The first-order valence-corrected chi connectivity index (χ1v) is 5.89. The van der Waals surface area contributed by atoms with Crippen molar-refractivity contribution in [2.75, 3.05) is 37.1 Å². The first-order valence-electron chi connectivity index (χ1n) is 3.65. The topological polar surface area (TPSA) is 18.5 Å². The van der Waals surface area contributed by atoms with Crippen molar-refractivity contribution < 1.29 is 9.47 Å². The van der Waals surface area contributed by atoms with Crippen molar-refractivity contribution in [2.24, 2.45) is 0 Å². The molecule has 2 nitrogen and oxygen atoms in total. The minimum atomic E-state index is 0.489. The summed E-state index contributed by atoms with van der Waals surface area (Å²) in [4.78, 5) is 0. The predicted molar refractivity (Wildman–Crippen MR) is 57.0 cm³/mol. The van der Waals surface area contributed by atoms with E-state index in [1.54, 1.807) is 0 Å². The maximum Gasteiger partial charge on any atom is 0.107 e. The van der Waals surface area contributed by atoms with Crippen LogP contribution in [0.2, 0.25) is 0 Å². The van der Waals surface area contributed by atoms with Gasteiger partial charge in [-0.05, 0) is 0 Å². The van der Waals surface area contributed by atoms with E-state index < -0.39 is 0 Å². The van der Waals surface area contributed by atoms with E-state index in [9.17, 15) is 0 Å². The molecule has 0 unspecified atom stereocenters. The fourth-order valence-corrected chi connectivity index (χ4v) is 0.915. The summed E-state index contributed by atoms with van der Waals surface area (Å²) in [6.45, 7) is 2.39. The molecule has 0 spiro atoms. The summed E-state index contributed by atoms with van der Waals surface area (Å²) in [7, 11) is 0. The largest absolute Gasteiger partial charge is 0.368 e. The first kappa shape index (κ1) is 12.4. The average molecular weight is 300 g/mol. The molecule has 0 N–H and O–H groups in total. The van der Waals surface area contributed by atoms with Gasteiger partial charge in [-0.1, -0.05) is 43.7 Å². The number of halogens is 2. The van der Waals surface area contributed by atoms with Gasteiger partial charge in [0.05, 0.1) is 13.2 Å². The molecule has 0 fully saturated rings. The molecule has 0 aliphatic heterocycles. The van der Waals surface area contributed by atoms with Gasteiger partial charge in [0, 0.05) is 10.7 Å². The minimum Gasteiger partial charge on any atom is -0.368 e. The lowest BCUT2D eigenvalue weighted by Gasteiger charge is -1.93. The van der Waals surface area contributed by atoms with Crippen LogP contribution in [0, 0.1) is 11.8 Å². The van der Waals surface area contributed by atoms with Crippen LogP contribution in [-0.2, 0) is 9.47 Å². The Morgan fingerprint density at radius 2 is 1.25 bits per heavy atom. The molecule has 70 valence electrons. The third-order valence-electron chi connectivity index (χ3n) is 0.916. The van der Waals surface area contributed by atoms with Crippen LogP contribution >= 0.6 is 31.9 Å². The smallest absolute Gasteiger partial charge is 0.107 e. The third-order valence-corrected chi connectivity index (χ3v) is 1.56. The summed E-state index contributed by atoms with van der Waals surface area (Å²) in [5.41, 5.74) is 0. The Morgan fingerprint density at radius 1 is 0.833 bits per heavy atom. The molecular formula is C8H12Br2O2. The van der Waals surface area contributed by atoms with Gasteiger partial charge in [0.1, 0.15) is 13.2 Å². The zero-order chi connectivity index (χ0) is 9.07. The number of ether oxygens (including phenoxy) is 2. The van der Waals surface area contributed by atoms with Crippen LogP contribution in [0.1, 0.15) is 0 Å². The molecule has 0 saturated heterocycles. The Balaban J connectivity index is 3.01. The quantitative estimate of drug-likeness (QED) is 0.423. The minimum absolute atomic E-state index is 0.489. The molecule has 0 heterocycles. The Kier molecular flexibility index (Phi) is 11.9. The number of hydrogen-bond acceptors (Lipinski definition) is 2. The lowest BCUT2D eigenvalue weighted by atomic mass is 10.6. The van der Waals surface area contributed by atoms with E-state index in [0.717, 1.165) is 10.7 Å². The maximum atomic E-state index is 5.10. The van der Waals surface area contributed by atoms with Crippen LogP contribution in [0.4, 0.5) is 0 Å². The van der Waals surface area contributed by atoms with Gasteiger partial charge in [0.25, 0.3) is 0 Å². The zero-order valence-electron chi connectivity index (χ0n) is 6.82. The standard InChI is InChI=1S/C8H12Br2O2/c9-3-7-11-5-1-2-6-12-8-4-10/h3-8H2. The van der Waals surface area contributed by atoms with Gasteiger partial charge in [-0.15, -0.1) is 0 Å². The van der Waals surface area contributed by atoms with E-state index in [4.69, 9.17) is 9.47 Å². The first-order chi connectivity index (χ1) is 5.91. The van der Waals surface area contributed by atoms with Crippen LogP contribution in [0.15, 0.2) is 0 Å². The highest BCUT2D eigenvalue weighted by molar-refractivity contribution is 9.09. The van der Waals surface area contributed by atoms with Gasteiger partial charge >= 0.3 is 0 Å². The van der Waals surface area contributed by atoms with Crippen molar-refractivity contribution in [1.82, 2.24) is 0 Å². The maximum absolute atomic E-state index is 5.10. The van der Waals surface area contributed by atoms with Gasteiger partial charge in [0.15, 0.2) is 0 Å². The summed E-state index contributed by atoms with van der Waals surface area (Å²) >= 11 is 6.50. The van der Waals surface area contributed by atoms with Crippen LogP contribution in [0.3, 0.4) is 0 Å². The summed E-state index contributed by atoms with van der Waals surface area (Å²) in [5.74, 6) is 5.69. The Hall–Kier alpha value is 0.440. The average Bonchev–Trinajstić information content (AvgIpc) is 2.10. The number of alkyl halides is 2. The molecule has 0 aliphatic carbocycles. The monoisotopic (exact) mass is 298 g/mol. The molecular weight excluding hydrogens is 288 g/mol. The molecule has 0 saturated carbocycles. The molecule has 4 heteroatoms.